The van der Waals surface area contributed by atoms with Crippen LogP contribution < -0.4 is 10.1 Å². The Morgan fingerprint density at radius 2 is 1.76 bits per heavy atom. The van der Waals surface area contributed by atoms with Crippen LogP contribution in [0.25, 0.3) is 0 Å². The van der Waals surface area contributed by atoms with Gasteiger partial charge in [-0.3, -0.25) is 9.48 Å². The van der Waals surface area contributed by atoms with Gasteiger partial charge in [-0.15, -0.1) is 0 Å². The number of nitrogens with zero attached hydrogens (tertiary/aromatic N) is 2. The van der Waals surface area contributed by atoms with Crippen LogP contribution in [-0.2, 0) is 23.3 Å². The quantitative estimate of drug-likeness (QED) is 0.540. The van der Waals surface area contributed by atoms with Crippen molar-refractivity contribution in [1.82, 2.24) is 15.1 Å². The van der Waals surface area contributed by atoms with Gasteiger partial charge in [0, 0.05) is 18.9 Å². The van der Waals surface area contributed by atoms with Gasteiger partial charge >= 0.3 is 0 Å². The minimum absolute atomic E-state index is 0.131. The Morgan fingerprint density at radius 1 is 1.03 bits per heavy atom. The van der Waals surface area contributed by atoms with E-state index in [1.54, 1.807) is 13.3 Å². The van der Waals surface area contributed by atoms with Crippen LogP contribution in [0.15, 0.2) is 67.0 Å². The van der Waals surface area contributed by atoms with E-state index in [9.17, 15) is 4.79 Å². The SMILES string of the molecule is COc1ccc(C23CC4CC(CC(C(=O)NCc5ccccc5Cn5cccn5)(C4)C2)C3)cc1. The van der Waals surface area contributed by atoms with Crippen LogP contribution in [0.3, 0.4) is 0 Å². The Hall–Kier alpha value is -3.08. The van der Waals surface area contributed by atoms with Gasteiger partial charge in [-0.2, -0.15) is 5.10 Å². The second-order valence-corrected chi connectivity index (χ2v) is 10.9. The molecule has 2 unspecified atom stereocenters. The third-order valence-corrected chi connectivity index (χ3v) is 8.69. The number of ether oxygens (including phenoxy) is 1. The molecule has 7 rings (SSSR count). The summed E-state index contributed by atoms with van der Waals surface area (Å²) in [6.45, 7) is 1.29. The second kappa shape index (κ2) is 8.30. The van der Waals surface area contributed by atoms with Crippen molar-refractivity contribution < 1.29 is 9.53 Å². The van der Waals surface area contributed by atoms with Crippen molar-refractivity contribution in [3.05, 3.63) is 83.7 Å². The fourth-order valence-electron chi connectivity index (χ4n) is 7.63. The minimum Gasteiger partial charge on any atom is -0.497 e. The zero-order valence-corrected chi connectivity index (χ0v) is 19.9. The molecule has 4 saturated carbocycles. The molecule has 176 valence electrons. The first kappa shape index (κ1) is 21.5. The monoisotopic (exact) mass is 455 g/mol. The van der Waals surface area contributed by atoms with Gasteiger partial charge in [0.25, 0.3) is 0 Å². The normalized spacial score (nSPS) is 29.2. The standard InChI is InChI=1S/C29H33N3O2/c1-34-26-9-7-25(8-10-26)28-14-21-13-22(15-28)17-29(16-21,20-28)27(33)30-18-23-5-2-3-6-24(23)19-32-12-4-11-31-32/h2-12,21-22H,13-20H2,1H3,(H,30,33). The first-order chi connectivity index (χ1) is 16.6. The maximum absolute atomic E-state index is 13.8. The van der Waals surface area contributed by atoms with Crippen LogP contribution in [0, 0.1) is 17.3 Å². The van der Waals surface area contributed by atoms with Gasteiger partial charge in [0.2, 0.25) is 5.91 Å². The van der Waals surface area contributed by atoms with E-state index >= 15 is 0 Å². The summed E-state index contributed by atoms with van der Waals surface area (Å²) in [6.07, 6.45) is 10.6. The molecule has 0 spiro atoms. The summed E-state index contributed by atoms with van der Waals surface area (Å²) in [4.78, 5) is 13.8. The molecule has 1 heterocycles. The molecule has 0 saturated heterocycles. The van der Waals surface area contributed by atoms with Crippen molar-refractivity contribution in [2.24, 2.45) is 17.3 Å². The van der Waals surface area contributed by atoms with E-state index in [-0.39, 0.29) is 16.7 Å². The molecular weight excluding hydrogens is 422 g/mol. The largest absolute Gasteiger partial charge is 0.497 e. The molecule has 2 atom stereocenters. The lowest BCUT2D eigenvalue weighted by atomic mass is 9.42. The van der Waals surface area contributed by atoms with Crippen molar-refractivity contribution >= 4 is 5.91 Å². The van der Waals surface area contributed by atoms with E-state index < -0.39 is 0 Å². The summed E-state index contributed by atoms with van der Waals surface area (Å²) in [5, 5.41) is 7.72. The highest BCUT2D eigenvalue weighted by molar-refractivity contribution is 5.83. The number of carbonyl (C=O) groups is 1. The fraction of sp³-hybridized carbons (Fsp3) is 0.448. The molecule has 0 aliphatic heterocycles. The van der Waals surface area contributed by atoms with E-state index in [1.165, 1.54) is 36.0 Å². The highest BCUT2D eigenvalue weighted by atomic mass is 16.5. The van der Waals surface area contributed by atoms with Gasteiger partial charge in [0.05, 0.1) is 19.1 Å². The van der Waals surface area contributed by atoms with Crippen molar-refractivity contribution in [3.63, 3.8) is 0 Å². The number of benzene rings is 2. The number of rotatable bonds is 7. The molecule has 1 aromatic heterocycles. The summed E-state index contributed by atoms with van der Waals surface area (Å²) in [5.74, 6) is 2.46. The van der Waals surface area contributed by atoms with Crippen molar-refractivity contribution in [3.8, 4) is 5.75 Å². The molecular formula is C29H33N3O2. The van der Waals surface area contributed by atoms with Gasteiger partial charge in [-0.1, -0.05) is 36.4 Å². The summed E-state index contributed by atoms with van der Waals surface area (Å²) in [7, 11) is 1.71. The Labute approximate surface area is 201 Å². The topological polar surface area (TPSA) is 56.1 Å². The number of hydrogen-bond donors (Lipinski definition) is 1. The van der Waals surface area contributed by atoms with E-state index in [0.29, 0.717) is 18.4 Å². The number of amides is 1. The lowest BCUT2D eigenvalue weighted by Crippen LogP contribution is -2.59. The Morgan fingerprint density at radius 3 is 2.44 bits per heavy atom. The number of methoxy groups -OCH3 is 1. The number of carbonyl (C=O) groups excluding carboxylic acids is 1. The molecule has 1 N–H and O–H groups in total. The van der Waals surface area contributed by atoms with Crippen LogP contribution in [0.2, 0.25) is 0 Å². The van der Waals surface area contributed by atoms with Crippen LogP contribution in [0.1, 0.15) is 55.2 Å². The van der Waals surface area contributed by atoms with E-state index in [4.69, 9.17) is 4.74 Å². The maximum Gasteiger partial charge on any atom is 0.226 e. The molecule has 5 heteroatoms. The molecule has 3 aromatic rings. The highest BCUT2D eigenvalue weighted by Gasteiger charge is 2.60. The average molecular weight is 456 g/mol. The summed E-state index contributed by atoms with van der Waals surface area (Å²) in [5.41, 5.74) is 3.66. The lowest BCUT2D eigenvalue weighted by Gasteiger charge is -2.61. The third kappa shape index (κ3) is 3.71. The Kier molecular flexibility index (Phi) is 5.23. The molecule has 0 radical (unpaired) electrons. The van der Waals surface area contributed by atoms with Crippen LogP contribution in [0.5, 0.6) is 5.75 Å². The Bertz CT molecular complexity index is 1150. The van der Waals surface area contributed by atoms with Crippen LogP contribution in [-0.4, -0.2) is 22.8 Å². The summed E-state index contributed by atoms with van der Waals surface area (Å²) in [6, 6.07) is 18.9. The van der Waals surface area contributed by atoms with Gasteiger partial charge in [-0.25, -0.2) is 0 Å². The zero-order valence-electron chi connectivity index (χ0n) is 19.9. The molecule has 4 fully saturated rings. The van der Waals surface area contributed by atoms with Crippen LogP contribution >= 0.6 is 0 Å². The van der Waals surface area contributed by atoms with Crippen molar-refractivity contribution in [2.45, 2.75) is 57.0 Å². The molecule has 2 aromatic carbocycles. The Balaban J connectivity index is 1.22. The van der Waals surface area contributed by atoms with E-state index in [2.05, 4.69) is 58.9 Å². The van der Waals surface area contributed by atoms with E-state index in [0.717, 1.165) is 31.6 Å². The zero-order chi connectivity index (χ0) is 23.2. The van der Waals surface area contributed by atoms with Gasteiger partial charge in [0.15, 0.2) is 0 Å². The van der Waals surface area contributed by atoms with Gasteiger partial charge < -0.3 is 10.1 Å². The van der Waals surface area contributed by atoms with Crippen LogP contribution in [0.4, 0.5) is 0 Å². The predicted molar refractivity (Wildman–Crippen MR) is 131 cm³/mol. The number of aromatic nitrogens is 2. The third-order valence-electron chi connectivity index (χ3n) is 8.69. The first-order valence-electron chi connectivity index (χ1n) is 12.5. The summed E-state index contributed by atoms with van der Waals surface area (Å²) >= 11 is 0. The molecule has 4 aliphatic rings. The molecule has 1 amide bonds. The molecule has 5 nitrogen and oxygen atoms in total. The maximum atomic E-state index is 13.8. The first-order valence-corrected chi connectivity index (χ1v) is 12.5. The second-order valence-electron chi connectivity index (χ2n) is 10.9. The lowest BCUT2D eigenvalue weighted by molar-refractivity contribution is -0.149. The highest BCUT2D eigenvalue weighted by Crippen LogP contribution is 2.65. The van der Waals surface area contributed by atoms with Gasteiger partial charge in [0.1, 0.15) is 5.75 Å². The molecule has 4 bridgehead atoms. The predicted octanol–water partition coefficient (Wildman–Crippen LogP) is 5.09. The van der Waals surface area contributed by atoms with Gasteiger partial charge in [-0.05, 0) is 90.7 Å². The van der Waals surface area contributed by atoms with Crippen molar-refractivity contribution in [2.75, 3.05) is 7.11 Å². The van der Waals surface area contributed by atoms with Crippen molar-refractivity contribution in [1.29, 1.82) is 0 Å². The molecule has 34 heavy (non-hydrogen) atoms. The minimum atomic E-state index is -0.235. The smallest absolute Gasteiger partial charge is 0.226 e. The number of nitrogens with one attached hydrogen (secondary N) is 1. The number of hydrogen-bond acceptors (Lipinski definition) is 3. The fourth-order valence-corrected chi connectivity index (χ4v) is 7.63. The average Bonchev–Trinajstić information content (AvgIpc) is 3.36. The summed E-state index contributed by atoms with van der Waals surface area (Å²) < 4.78 is 7.32. The molecule has 4 aliphatic carbocycles. The van der Waals surface area contributed by atoms with E-state index in [1.807, 2.05) is 16.9 Å².